The van der Waals surface area contributed by atoms with Gasteiger partial charge < -0.3 is 10.2 Å². The summed E-state index contributed by atoms with van der Waals surface area (Å²) in [7, 11) is 0. The van der Waals surface area contributed by atoms with E-state index < -0.39 is 18.1 Å². The van der Waals surface area contributed by atoms with Crippen molar-refractivity contribution in [1.29, 1.82) is 0 Å². The van der Waals surface area contributed by atoms with Crippen molar-refractivity contribution in [2.75, 3.05) is 26.2 Å². The summed E-state index contributed by atoms with van der Waals surface area (Å²) in [6.07, 6.45) is 0.933. The van der Waals surface area contributed by atoms with Crippen LogP contribution in [-0.2, 0) is 5.41 Å². The van der Waals surface area contributed by atoms with Gasteiger partial charge in [-0.25, -0.2) is 0 Å². The van der Waals surface area contributed by atoms with Crippen molar-refractivity contribution < 1.29 is 13.2 Å². The van der Waals surface area contributed by atoms with Crippen LogP contribution >= 0.6 is 0 Å². The van der Waals surface area contributed by atoms with E-state index in [0.717, 1.165) is 67.1 Å². The summed E-state index contributed by atoms with van der Waals surface area (Å²) >= 11 is 0. The van der Waals surface area contributed by atoms with Crippen molar-refractivity contribution in [3.63, 3.8) is 0 Å². The number of fused-ring (bicyclic) bond motifs is 3. The first-order chi connectivity index (χ1) is 16.3. The van der Waals surface area contributed by atoms with Gasteiger partial charge in [0, 0.05) is 5.70 Å². The van der Waals surface area contributed by atoms with Gasteiger partial charge in [0.25, 0.3) is 0 Å². The van der Waals surface area contributed by atoms with Crippen molar-refractivity contribution in [2.45, 2.75) is 64.5 Å². The fourth-order valence-electron chi connectivity index (χ4n) is 5.44. The number of unbranched alkanes of at least 4 members (excludes halogenated alkanes) is 1. The summed E-state index contributed by atoms with van der Waals surface area (Å²) in [4.78, 5) is 2.53. The number of hydrogen-bond donors (Lipinski definition) is 1. The zero-order chi connectivity index (χ0) is 24.8. The van der Waals surface area contributed by atoms with Gasteiger partial charge in [-0.3, -0.25) is 0 Å². The average molecular weight is 473 g/mol. The predicted molar refractivity (Wildman–Crippen MR) is 136 cm³/mol. The van der Waals surface area contributed by atoms with E-state index in [1.54, 1.807) is 0 Å². The van der Waals surface area contributed by atoms with Crippen molar-refractivity contribution in [1.82, 2.24) is 10.2 Å². The number of rotatable bonds is 8. The summed E-state index contributed by atoms with van der Waals surface area (Å²) in [5, 5.41) is 2.65. The highest BCUT2D eigenvalue weighted by Gasteiger charge is 2.45. The van der Waals surface area contributed by atoms with E-state index >= 15 is 0 Å². The summed E-state index contributed by atoms with van der Waals surface area (Å²) < 4.78 is 39.2. The molecule has 2 aliphatic rings. The smallest absolute Gasteiger partial charge is 0.379 e. The van der Waals surface area contributed by atoms with Crippen molar-refractivity contribution >= 4 is 0 Å². The van der Waals surface area contributed by atoms with Crippen LogP contribution in [0.2, 0.25) is 0 Å². The third-order valence-electron chi connectivity index (χ3n) is 7.23. The maximum atomic E-state index is 13.1. The Kier molecular flexibility index (Phi) is 8.86. The summed E-state index contributed by atoms with van der Waals surface area (Å²) in [6.45, 7) is 12.8. The van der Waals surface area contributed by atoms with Crippen LogP contribution in [0.4, 0.5) is 13.2 Å². The minimum Gasteiger partial charge on any atom is -0.379 e. The predicted octanol–water partition coefficient (Wildman–Crippen LogP) is 7.55. The first-order valence-electron chi connectivity index (χ1n) is 12.7. The molecule has 0 atom stereocenters. The molecule has 34 heavy (non-hydrogen) atoms. The Labute approximate surface area is 203 Å². The topological polar surface area (TPSA) is 15.3 Å². The van der Waals surface area contributed by atoms with Crippen molar-refractivity contribution in [3.05, 3.63) is 71.9 Å². The number of hydrogen-bond acceptors (Lipinski definition) is 2. The van der Waals surface area contributed by atoms with Crippen LogP contribution in [0.25, 0.3) is 11.1 Å². The van der Waals surface area contributed by atoms with E-state index in [1.165, 1.54) is 12.8 Å². The lowest BCUT2D eigenvalue weighted by molar-refractivity contribution is -0.123. The number of likely N-dealkylation sites (tertiary alicyclic amines) is 1. The number of halogens is 3. The molecule has 0 aromatic heterocycles. The number of alkyl halides is 3. The second kappa shape index (κ2) is 11.4. The molecule has 1 aliphatic carbocycles. The minimum atomic E-state index is -4.28. The molecule has 4 rings (SSSR count). The summed E-state index contributed by atoms with van der Waals surface area (Å²) in [5.74, 6) is 0.809. The molecular formula is C29H39F3N2. The van der Waals surface area contributed by atoms with Gasteiger partial charge in [-0.05, 0) is 73.5 Å². The quantitative estimate of drug-likeness (QED) is 0.399. The molecule has 0 bridgehead atoms. The van der Waals surface area contributed by atoms with Gasteiger partial charge in [0.15, 0.2) is 0 Å². The van der Waals surface area contributed by atoms with Crippen molar-refractivity contribution in [2.24, 2.45) is 5.92 Å². The van der Waals surface area contributed by atoms with E-state index in [0.29, 0.717) is 5.70 Å². The molecular weight excluding hydrogens is 433 g/mol. The van der Waals surface area contributed by atoms with Gasteiger partial charge >= 0.3 is 6.18 Å². The highest BCUT2D eigenvalue weighted by molar-refractivity contribution is 5.82. The molecule has 0 saturated carbocycles. The highest BCUT2D eigenvalue weighted by Crippen LogP contribution is 2.54. The van der Waals surface area contributed by atoms with Crippen LogP contribution in [0.15, 0.2) is 60.8 Å². The monoisotopic (exact) mass is 472 g/mol. The van der Waals surface area contributed by atoms with Crippen LogP contribution in [0, 0.1) is 5.92 Å². The molecule has 5 heteroatoms. The Hall–Kier alpha value is -2.27. The Bertz CT molecular complexity index is 897. The first-order valence-corrected chi connectivity index (χ1v) is 12.7. The van der Waals surface area contributed by atoms with Crippen LogP contribution in [0.1, 0.15) is 64.0 Å². The van der Waals surface area contributed by atoms with E-state index in [-0.39, 0.29) is 0 Å². The second-order valence-corrected chi connectivity index (χ2v) is 9.43. The van der Waals surface area contributed by atoms with E-state index in [9.17, 15) is 13.2 Å². The molecule has 0 radical (unpaired) electrons. The maximum Gasteiger partial charge on any atom is 0.405 e. The largest absolute Gasteiger partial charge is 0.405 e. The van der Waals surface area contributed by atoms with Crippen LogP contribution in [-0.4, -0.2) is 37.3 Å². The number of allylic oxidation sites excluding steroid dienone is 1. The molecule has 0 unspecified atom stereocenters. The summed E-state index contributed by atoms with van der Waals surface area (Å²) in [6, 6.07) is 16.2. The zero-order valence-corrected chi connectivity index (χ0v) is 20.8. The third kappa shape index (κ3) is 5.68. The van der Waals surface area contributed by atoms with Gasteiger partial charge in [0.2, 0.25) is 0 Å². The molecule has 1 aliphatic heterocycles. The Morgan fingerprint density at radius 3 is 2.03 bits per heavy atom. The second-order valence-electron chi connectivity index (χ2n) is 9.43. The molecule has 2 aromatic rings. The third-order valence-corrected chi connectivity index (χ3v) is 7.23. The molecule has 1 fully saturated rings. The fraction of sp³-hybridized carbons (Fsp3) is 0.517. The number of benzene rings is 2. The molecule has 1 N–H and O–H groups in total. The molecule has 1 saturated heterocycles. The van der Waals surface area contributed by atoms with Crippen molar-refractivity contribution in [3.8, 4) is 11.1 Å². The zero-order valence-electron chi connectivity index (χ0n) is 20.8. The van der Waals surface area contributed by atoms with Gasteiger partial charge in [0.05, 0.1) is 5.41 Å². The van der Waals surface area contributed by atoms with Crippen LogP contribution in [0.3, 0.4) is 0 Å². The lowest BCUT2D eigenvalue weighted by atomic mass is 9.72. The van der Waals surface area contributed by atoms with Crippen LogP contribution < -0.4 is 5.32 Å². The SMILES string of the molecule is C=C(NCC(F)(F)F)C1(CCCCN2CCC(C)CC2)c2ccccc2-c2ccccc21.CC. The van der Waals surface area contributed by atoms with Gasteiger partial charge in [-0.2, -0.15) is 13.2 Å². The maximum absolute atomic E-state index is 13.1. The molecule has 2 nitrogen and oxygen atoms in total. The normalized spacial score (nSPS) is 17.4. The molecule has 2 aromatic carbocycles. The molecule has 1 heterocycles. The number of nitrogens with zero attached hydrogens (tertiary/aromatic N) is 1. The Morgan fingerprint density at radius 1 is 0.971 bits per heavy atom. The van der Waals surface area contributed by atoms with Gasteiger partial charge in [-0.1, -0.05) is 82.3 Å². The lowest BCUT2D eigenvalue weighted by Gasteiger charge is -2.36. The number of piperidine rings is 1. The average Bonchev–Trinajstić information content (AvgIpc) is 3.13. The van der Waals surface area contributed by atoms with Gasteiger partial charge in [-0.15, -0.1) is 0 Å². The van der Waals surface area contributed by atoms with Gasteiger partial charge in [0.1, 0.15) is 6.54 Å². The molecule has 0 amide bonds. The first kappa shape index (κ1) is 26.3. The molecule has 186 valence electrons. The lowest BCUT2D eigenvalue weighted by Crippen LogP contribution is -2.39. The highest BCUT2D eigenvalue weighted by atomic mass is 19.4. The fourth-order valence-corrected chi connectivity index (χ4v) is 5.44. The van der Waals surface area contributed by atoms with E-state index in [1.807, 2.05) is 38.1 Å². The summed E-state index contributed by atoms with van der Waals surface area (Å²) in [5.41, 5.74) is 4.13. The Morgan fingerprint density at radius 2 is 1.50 bits per heavy atom. The Balaban J connectivity index is 0.00000158. The minimum absolute atomic E-state index is 0.444. The standard InChI is InChI=1S/C27H33F3N2.C2H6/c1-20-13-17-32(18-14-20)16-8-7-15-26(21(2)31-19-27(28,29)30)24-11-5-3-9-22(24)23-10-4-6-12-25(23)26;1-2/h3-6,9-12,20,31H,2,7-8,13-19H2,1H3;1-2H3. The molecule has 0 spiro atoms. The van der Waals surface area contributed by atoms with E-state index in [2.05, 4.69) is 48.0 Å². The number of nitrogens with one attached hydrogen (secondary N) is 1. The van der Waals surface area contributed by atoms with E-state index in [4.69, 9.17) is 0 Å². The van der Waals surface area contributed by atoms with Crippen LogP contribution in [0.5, 0.6) is 0 Å².